The molecule has 0 spiro atoms. The second-order valence-corrected chi connectivity index (χ2v) is 12.0. The Hall–Kier alpha value is -4.96. The molecule has 0 bridgehead atoms. The molecule has 1 atom stereocenters. The number of amides is 1. The van der Waals surface area contributed by atoms with Crippen molar-refractivity contribution < 1.29 is 33.7 Å². The number of hydrogen-bond acceptors (Lipinski definition) is 9. The van der Waals surface area contributed by atoms with Gasteiger partial charge in [-0.2, -0.15) is 0 Å². The smallest absolute Gasteiger partial charge is 0.301 e. The first-order valence-electron chi connectivity index (χ1n) is 15.0. The van der Waals surface area contributed by atoms with Gasteiger partial charge in [-0.05, 0) is 73.4 Å². The molecule has 1 amide bonds. The first-order chi connectivity index (χ1) is 22.1. The van der Waals surface area contributed by atoms with Gasteiger partial charge in [-0.15, -0.1) is 0 Å². The summed E-state index contributed by atoms with van der Waals surface area (Å²) in [7, 11) is 1.51. The van der Waals surface area contributed by atoms with Crippen LogP contribution >= 0.6 is 11.3 Å². The molecule has 1 fully saturated rings. The molecule has 1 saturated heterocycles. The number of methoxy groups -OCH3 is 1. The summed E-state index contributed by atoms with van der Waals surface area (Å²) >= 11 is 1.03. The Balaban J connectivity index is 1.56. The molecule has 1 aromatic heterocycles. The van der Waals surface area contributed by atoms with Crippen LogP contribution in [0.4, 0.5) is 5.13 Å². The molecule has 0 radical (unpaired) electrons. The van der Waals surface area contributed by atoms with Crippen LogP contribution < -0.4 is 19.1 Å². The van der Waals surface area contributed by atoms with Gasteiger partial charge in [-0.1, -0.05) is 55.0 Å². The minimum Gasteiger partial charge on any atom is -0.507 e. The highest BCUT2D eigenvalue weighted by atomic mass is 32.1. The van der Waals surface area contributed by atoms with Crippen molar-refractivity contribution in [2.45, 2.75) is 53.2 Å². The third kappa shape index (κ3) is 6.53. The second-order valence-electron chi connectivity index (χ2n) is 11.0. The summed E-state index contributed by atoms with van der Waals surface area (Å²) in [5.41, 5.74) is 3.33. The average Bonchev–Trinajstić information content (AvgIpc) is 3.57. The van der Waals surface area contributed by atoms with Gasteiger partial charge in [0.25, 0.3) is 5.78 Å². The largest absolute Gasteiger partial charge is 0.507 e. The Morgan fingerprint density at radius 3 is 2.39 bits per heavy atom. The Kier molecular flexibility index (Phi) is 9.87. The zero-order valence-corrected chi connectivity index (χ0v) is 27.3. The maximum absolute atomic E-state index is 13.7. The first kappa shape index (κ1) is 32.4. The molecule has 2 heterocycles. The summed E-state index contributed by atoms with van der Waals surface area (Å²) in [6.07, 6.45) is 1.83. The number of nitrogens with zero attached hydrogens (tertiary/aromatic N) is 2. The number of carbonyl (C=O) groups excluding carboxylic acids is 3. The van der Waals surface area contributed by atoms with E-state index in [2.05, 4.69) is 11.9 Å². The molecule has 0 aliphatic carbocycles. The number of aliphatic hydroxyl groups excluding tert-OH is 1. The van der Waals surface area contributed by atoms with Crippen LogP contribution in [0.5, 0.6) is 17.2 Å². The summed E-state index contributed by atoms with van der Waals surface area (Å²) in [6.45, 7) is 8.06. The van der Waals surface area contributed by atoms with E-state index in [1.54, 1.807) is 49.4 Å². The summed E-state index contributed by atoms with van der Waals surface area (Å²) in [6, 6.07) is 18.7. The second kappa shape index (κ2) is 14.0. The average molecular weight is 641 g/mol. The predicted molar refractivity (Wildman–Crippen MR) is 177 cm³/mol. The number of rotatable bonds is 12. The Morgan fingerprint density at radius 2 is 1.74 bits per heavy atom. The molecule has 1 aliphatic rings. The number of ether oxygens (including phenoxy) is 3. The Bertz CT molecular complexity index is 1810. The Morgan fingerprint density at radius 1 is 1.00 bits per heavy atom. The molecular formula is C36H36N2O7S. The minimum absolute atomic E-state index is 0.113. The number of Topliss-reactive ketones (excluding diaryl/α,β-unsaturated/α-hetero) is 2. The number of unbranched alkanes of at least 4 members (excludes halogenated alkanes) is 1. The lowest BCUT2D eigenvalue weighted by atomic mass is 9.95. The van der Waals surface area contributed by atoms with Crippen LogP contribution in [-0.2, 0) is 16.2 Å². The predicted octanol–water partition coefficient (Wildman–Crippen LogP) is 7.36. The number of aryl methyl sites for hydroxylation is 2. The van der Waals surface area contributed by atoms with Crippen LogP contribution in [-0.4, -0.2) is 41.3 Å². The highest BCUT2D eigenvalue weighted by Gasteiger charge is 2.48. The van der Waals surface area contributed by atoms with E-state index in [4.69, 9.17) is 14.2 Å². The van der Waals surface area contributed by atoms with E-state index in [9.17, 15) is 19.5 Å². The van der Waals surface area contributed by atoms with Crippen LogP contribution in [0, 0.1) is 13.8 Å². The van der Waals surface area contributed by atoms with E-state index in [1.165, 1.54) is 18.9 Å². The molecule has 1 N–H and O–H groups in total. The zero-order valence-electron chi connectivity index (χ0n) is 26.5. The van der Waals surface area contributed by atoms with Crippen molar-refractivity contribution in [1.29, 1.82) is 0 Å². The lowest BCUT2D eigenvalue weighted by Crippen LogP contribution is -2.29. The van der Waals surface area contributed by atoms with Crippen LogP contribution in [0.3, 0.4) is 0 Å². The van der Waals surface area contributed by atoms with Gasteiger partial charge in [0.05, 0.1) is 35.9 Å². The van der Waals surface area contributed by atoms with E-state index >= 15 is 0 Å². The molecular weight excluding hydrogens is 604 g/mol. The highest BCUT2D eigenvalue weighted by Crippen LogP contribution is 2.45. The van der Waals surface area contributed by atoms with Gasteiger partial charge in [0.1, 0.15) is 18.1 Å². The lowest BCUT2D eigenvalue weighted by Gasteiger charge is -2.24. The van der Waals surface area contributed by atoms with E-state index in [0.29, 0.717) is 52.2 Å². The molecule has 1 aliphatic heterocycles. The fourth-order valence-corrected chi connectivity index (χ4v) is 6.24. The van der Waals surface area contributed by atoms with E-state index in [-0.39, 0.29) is 22.2 Å². The first-order valence-corrected chi connectivity index (χ1v) is 15.8. The van der Waals surface area contributed by atoms with Crippen molar-refractivity contribution in [1.82, 2.24) is 4.98 Å². The third-order valence-corrected chi connectivity index (χ3v) is 9.06. The van der Waals surface area contributed by atoms with Crippen LogP contribution in [0.15, 0.2) is 72.3 Å². The van der Waals surface area contributed by atoms with Gasteiger partial charge in [0.2, 0.25) is 0 Å². The number of benzene rings is 3. The van der Waals surface area contributed by atoms with Gasteiger partial charge >= 0.3 is 5.91 Å². The number of aliphatic hydroxyl groups is 1. The molecule has 1 unspecified atom stereocenters. The lowest BCUT2D eigenvalue weighted by molar-refractivity contribution is -0.132. The van der Waals surface area contributed by atoms with Gasteiger partial charge in [-0.25, -0.2) is 4.98 Å². The monoisotopic (exact) mass is 640 g/mol. The maximum atomic E-state index is 13.7. The van der Waals surface area contributed by atoms with Crippen LogP contribution in [0.1, 0.15) is 70.4 Å². The molecule has 46 heavy (non-hydrogen) atoms. The van der Waals surface area contributed by atoms with E-state index < -0.39 is 17.7 Å². The van der Waals surface area contributed by atoms with E-state index in [0.717, 1.165) is 35.3 Å². The molecule has 3 aromatic carbocycles. The van der Waals surface area contributed by atoms with Gasteiger partial charge in [-0.3, -0.25) is 19.3 Å². The van der Waals surface area contributed by atoms with Gasteiger partial charge in [0.15, 0.2) is 22.4 Å². The number of anilines is 1. The summed E-state index contributed by atoms with van der Waals surface area (Å²) in [5, 5.41) is 11.8. The number of ketones is 2. The Labute approximate surface area is 272 Å². The van der Waals surface area contributed by atoms with Crippen molar-refractivity contribution in [3.8, 4) is 17.2 Å². The minimum atomic E-state index is -1.05. The molecule has 238 valence electrons. The fourth-order valence-electron chi connectivity index (χ4n) is 5.25. The topological polar surface area (TPSA) is 115 Å². The summed E-state index contributed by atoms with van der Waals surface area (Å²) in [4.78, 5) is 45.7. The van der Waals surface area contributed by atoms with Crippen LogP contribution in [0.25, 0.3) is 5.76 Å². The van der Waals surface area contributed by atoms with Crippen molar-refractivity contribution in [3.05, 3.63) is 105 Å². The van der Waals surface area contributed by atoms with Crippen molar-refractivity contribution in [2.75, 3.05) is 18.6 Å². The van der Waals surface area contributed by atoms with Gasteiger partial charge in [0, 0.05) is 12.5 Å². The third-order valence-electron chi connectivity index (χ3n) is 7.80. The number of aromatic nitrogens is 1. The highest BCUT2D eigenvalue weighted by molar-refractivity contribution is 7.18. The van der Waals surface area contributed by atoms with Crippen molar-refractivity contribution >= 4 is 39.7 Å². The summed E-state index contributed by atoms with van der Waals surface area (Å²) < 4.78 is 17.5. The quantitative estimate of drug-likeness (QED) is 0.0562. The van der Waals surface area contributed by atoms with Crippen LogP contribution in [0.2, 0.25) is 0 Å². The SMILES string of the molecule is CCCCOc1ccc(C2C(=C(O)c3ccc(OCc4ccccc4C)cc3)C(=O)C(=O)N2c2nc(C)c(C(C)=O)s2)cc1OC. The standard InChI is InChI=1S/C36H36N2O7S/c1-6-7-18-44-28-17-14-25(19-29(28)43-5)31-30(33(41)35(42)38(31)36-37-22(3)34(46-36)23(4)39)32(40)24-12-15-27(16-13-24)45-20-26-11-9-8-10-21(26)2/h8-17,19,31,40H,6-7,18,20H2,1-5H3. The molecule has 0 saturated carbocycles. The van der Waals surface area contributed by atoms with E-state index in [1.807, 2.05) is 31.2 Å². The number of carbonyl (C=O) groups is 3. The van der Waals surface area contributed by atoms with Crippen molar-refractivity contribution in [3.63, 3.8) is 0 Å². The zero-order chi connectivity index (χ0) is 33.0. The molecule has 4 aromatic rings. The van der Waals surface area contributed by atoms with Gasteiger partial charge < -0.3 is 19.3 Å². The fraction of sp³-hybridized carbons (Fsp3) is 0.278. The number of hydrogen-bond donors (Lipinski definition) is 1. The molecule has 5 rings (SSSR count). The maximum Gasteiger partial charge on any atom is 0.301 e. The molecule has 9 nitrogen and oxygen atoms in total. The summed E-state index contributed by atoms with van der Waals surface area (Å²) in [5.74, 6) is -0.781. The molecule has 10 heteroatoms. The van der Waals surface area contributed by atoms with Crippen molar-refractivity contribution in [2.24, 2.45) is 0 Å². The normalized spacial score (nSPS) is 15.7. The number of thiazole rings is 1.